The van der Waals surface area contributed by atoms with E-state index in [0.29, 0.717) is 18.0 Å². The Hall–Kier alpha value is -5.12. The number of nitrogens with zero attached hydrogens (tertiary/aromatic N) is 4. The second-order valence-electron chi connectivity index (χ2n) is 9.54. The number of methoxy groups -OCH3 is 1. The number of anilines is 1. The second kappa shape index (κ2) is 12.0. The third-order valence-corrected chi connectivity index (χ3v) is 6.74. The third-order valence-electron chi connectivity index (χ3n) is 6.74. The molecule has 5 rings (SSSR count). The van der Waals surface area contributed by atoms with Gasteiger partial charge in [-0.25, -0.2) is 13.5 Å². The predicted octanol–water partition coefficient (Wildman–Crippen LogP) is 4.77. The molecule has 0 radical (unpaired) electrons. The first kappa shape index (κ1) is 27.4. The van der Waals surface area contributed by atoms with Crippen LogP contribution in [0.4, 0.5) is 14.5 Å². The Morgan fingerprint density at radius 3 is 2.41 bits per heavy atom. The van der Waals surface area contributed by atoms with Crippen molar-refractivity contribution in [2.75, 3.05) is 19.1 Å². The second-order valence-corrected chi connectivity index (χ2v) is 9.54. The molecule has 5 aromatic rings. The van der Waals surface area contributed by atoms with E-state index in [1.165, 1.54) is 18.2 Å². The summed E-state index contributed by atoms with van der Waals surface area (Å²) in [4.78, 5) is 28.2. The predicted molar refractivity (Wildman–Crippen MR) is 151 cm³/mol. The van der Waals surface area contributed by atoms with E-state index in [1.54, 1.807) is 36.0 Å². The molecular weight excluding hydrogens is 528 g/mol. The highest BCUT2D eigenvalue weighted by Gasteiger charge is 2.27. The van der Waals surface area contributed by atoms with Crippen molar-refractivity contribution in [3.8, 4) is 5.75 Å². The molecule has 0 bridgehead atoms. The Morgan fingerprint density at radius 2 is 1.68 bits per heavy atom. The highest BCUT2D eigenvalue weighted by atomic mass is 19.1. The summed E-state index contributed by atoms with van der Waals surface area (Å²) in [5.41, 5.74) is 1.76. The van der Waals surface area contributed by atoms with Crippen LogP contribution >= 0.6 is 0 Å². The Kier molecular flexibility index (Phi) is 8.00. The van der Waals surface area contributed by atoms with E-state index in [4.69, 9.17) is 4.74 Å². The van der Waals surface area contributed by atoms with Gasteiger partial charge in [0.2, 0.25) is 5.91 Å². The zero-order valence-corrected chi connectivity index (χ0v) is 22.4. The fourth-order valence-corrected chi connectivity index (χ4v) is 4.65. The van der Waals surface area contributed by atoms with Crippen molar-refractivity contribution in [1.29, 1.82) is 0 Å². The molecule has 8 nitrogen and oxygen atoms in total. The fraction of sp³-hybridized carbons (Fsp3) is 0.161. The molecule has 1 aromatic heterocycles. The van der Waals surface area contributed by atoms with Crippen LogP contribution in [0.3, 0.4) is 0 Å². The number of likely N-dealkylation sites (N-methyl/N-ethyl adjacent to an activating group) is 1. The molecule has 0 aliphatic rings. The molecule has 1 heterocycles. The van der Waals surface area contributed by atoms with E-state index in [2.05, 4.69) is 15.6 Å². The number of carbonyl (C=O) groups excluding carboxylic acids is 2. The smallest absolute Gasteiger partial charge is 0.274 e. The highest BCUT2D eigenvalue weighted by molar-refractivity contribution is 6.01. The first-order valence-corrected chi connectivity index (χ1v) is 12.8. The van der Waals surface area contributed by atoms with Gasteiger partial charge in [-0.3, -0.25) is 9.59 Å². The SMILES string of the molecule is COc1ccc(N(C)C(=O)C(Cc2cc(F)cc(F)c2)NC(=O)c2cn(Cc3cccc4ccccc34)nn2)cc1. The van der Waals surface area contributed by atoms with Crippen LogP contribution in [0.1, 0.15) is 21.6 Å². The molecule has 1 atom stereocenters. The minimum atomic E-state index is -1.15. The van der Waals surface area contributed by atoms with E-state index in [0.717, 1.165) is 34.5 Å². The summed E-state index contributed by atoms with van der Waals surface area (Å²) in [6, 6.07) is 22.5. The Balaban J connectivity index is 1.37. The van der Waals surface area contributed by atoms with E-state index in [1.807, 2.05) is 42.5 Å². The van der Waals surface area contributed by atoms with Gasteiger partial charge in [0.1, 0.15) is 23.4 Å². The lowest BCUT2D eigenvalue weighted by atomic mass is 10.0. The number of benzene rings is 4. The minimum Gasteiger partial charge on any atom is -0.497 e. The molecule has 41 heavy (non-hydrogen) atoms. The lowest BCUT2D eigenvalue weighted by molar-refractivity contribution is -0.120. The van der Waals surface area contributed by atoms with Gasteiger partial charge in [0.25, 0.3) is 5.91 Å². The van der Waals surface area contributed by atoms with Crippen LogP contribution in [0.5, 0.6) is 5.75 Å². The highest BCUT2D eigenvalue weighted by Crippen LogP contribution is 2.21. The summed E-state index contributed by atoms with van der Waals surface area (Å²) >= 11 is 0. The third kappa shape index (κ3) is 6.38. The number of carbonyl (C=O) groups is 2. The summed E-state index contributed by atoms with van der Waals surface area (Å²) in [5.74, 6) is -2.08. The molecule has 1 N–H and O–H groups in total. The molecule has 4 aromatic carbocycles. The van der Waals surface area contributed by atoms with Gasteiger partial charge in [0, 0.05) is 25.2 Å². The number of hydrogen-bond donors (Lipinski definition) is 1. The van der Waals surface area contributed by atoms with Crippen LogP contribution in [0, 0.1) is 11.6 Å². The molecule has 0 fully saturated rings. The molecule has 2 amide bonds. The van der Waals surface area contributed by atoms with Crippen molar-refractivity contribution in [3.05, 3.63) is 120 Å². The standard InChI is InChI=1S/C31H27F2N5O3/c1-37(25-10-12-26(41-2)13-11-25)31(40)28(16-20-14-23(32)17-24(33)15-20)34-30(39)29-19-38(36-35-29)18-22-8-5-7-21-6-3-4-9-27(21)22/h3-15,17,19,28H,16,18H2,1-2H3,(H,34,39). The van der Waals surface area contributed by atoms with Gasteiger partial charge in [-0.15, -0.1) is 5.10 Å². The van der Waals surface area contributed by atoms with E-state index < -0.39 is 29.5 Å². The molecule has 0 saturated carbocycles. The summed E-state index contributed by atoms with van der Waals surface area (Å²) in [6.45, 7) is 0.382. The van der Waals surface area contributed by atoms with Crippen molar-refractivity contribution < 1.29 is 23.1 Å². The molecule has 208 valence electrons. The monoisotopic (exact) mass is 555 g/mol. The van der Waals surface area contributed by atoms with Gasteiger partial charge < -0.3 is 15.0 Å². The van der Waals surface area contributed by atoms with Gasteiger partial charge in [-0.2, -0.15) is 0 Å². The van der Waals surface area contributed by atoms with Gasteiger partial charge in [0.05, 0.1) is 19.9 Å². The number of hydrogen-bond acceptors (Lipinski definition) is 5. The number of aromatic nitrogens is 3. The average Bonchev–Trinajstić information content (AvgIpc) is 3.44. The topological polar surface area (TPSA) is 89.4 Å². The maximum atomic E-state index is 13.9. The molecular formula is C31H27F2N5O3. The van der Waals surface area contributed by atoms with Gasteiger partial charge in [-0.1, -0.05) is 47.7 Å². The summed E-state index contributed by atoms with van der Waals surface area (Å²) in [7, 11) is 3.09. The molecule has 0 aliphatic carbocycles. The van der Waals surface area contributed by atoms with Gasteiger partial charge in [-0.05, 0) is 58.3 Å². The summed E-state index contributed by atoms with van der Waals surface area (Å²) in [6.07, 6.45) is 1.34. The number of ether oxygens (including phenoxy) is 1. The lowest BCUT2D eigenvalue weighted by Gasteiger charge is -2.25. The molecule has 0 spiro atoms. The van der Waals surface area contributed by atoms with Gasteiger partial charge >= 0.3 is 0 Å². The zero-order valence-electron chi connectivity index (χ0n) is 22.4. The summed E-state index contributed by atoms with van der Waals surface area (Å²) in [5, 5.41) is 12.9. The molecule has 0 saturated heterocycles. The minimum absolute atomic E-state index is 0.000519. The maximum absolute atomic E-state index is 13.9. The molecule has 0 aliphatic heterocycles. The number of amides is 2. The molecule has 1 unspecified atom stereocenters. The van der Waals surface area contributed by atoms with Crippen molar-refractivity contribution in [3.63, 3.8) is 0 Å². The Morgan fingerprint density at radius 1 is 0.976 bits per heavy atom. The van der Waals surface area contributed by atoms with Crippen LogP contribution in [0.25, 0.3) is 10.8 Å². The maximum Gasteiger partial charge on any atom is 0.274 e. The number of fused-ring (bicyclic) bond motifs is 1. The van der Waals surface area contributed by atoms with Crippen molar-refractivity contribution in [2.45, 2.75) is 19.0 Å². The van der Waals surface area contributed by atoms with E-state index in [-0.39, 0.29) is 17.7 Å². The van der Waals surface area contributed by atoms with Crippen LogP contribution in [-0.4, -0.2) is 47.0 Å². The zero-order chi connectivity index (χ0) is 28.9. The number of halogens is 2. The van der Waals surface area contributed by atoms with Crippen LogP contribution < -0.4 is 15.0 Å². The molecule has 10 heteroatoms. The number of nitrogens with one attached hydrogen (secondary N) is 1. The van der Waals surface area contributed by atoms with Crippen LogP contribution in [-0.2, 0) is 17.8 Å². The van der Waals surface area contributed by atoms with Crippen molar-refractivity contribution in [2.24, 2.45) is 0 Å². The Labute approximate surface area is 235 Å². The first-order chi connectivity index (χ1) is 19.8. The van der Waals surface area contributed by atoms with Gasteiger partial charge in [0.15, 0.2) is 5.69 Å². The Bertz CT molecular complexity index is 1680. The van der Waals surface area contributed by atoms with Crippen LogP contribution in [0.15, 0.2) is 91.1 Å². The quantitative estimate of drug-likeness (QED) is 0.283. The van der Waals surface area contributed by atoms with E-state index >= 15 is 0 Å². The number of rotatable bonds is 9. The lowest BCUT2D eigenvalue weighted by Crippen LogP contribution is -2.49. The first-order valence-electron chi connectivity index (χ1n) is 12.8. The summed E-state index contributed by atoms with van der Waals surface area (Å²) < 4.78 is 34.6. The largest absolute Gasteiger partial charge is 0.497 e. The van der Waals surface area contributed by atoms with Crippen molar-refractivity contribution in [1.82, 2.24) is 20.3 Å². The average molecular weight is 556 g/mol. The van der Waals surface area contributed by atoms with Crippen LogP contribution in [0.2, 0.25) is 0 Å². The normalized spacial score (nSPS) is 11.7. The fourth-order valence-electron chi connectivity index (χ4n) is 4.65. The van der Waals surface area contributed by atoms with E-state index in [9.17, 15) is 18.4 Å². The van der Waals surface area contributed by atoms with Crippen molar-refractivity contribution >= 4 is 28.3 Å².